The van der Waals surface area contributed by atoms with Gasteiger partial charge < -0.3 is 20.1 Å². The standard InChI is InChI=1S/C22H28N2O4/c1-3-21(26)24(16-18-9-11-19(28-2)12-10-18)20(22(27)23-13-14-25)15-17-7-5-4-6-8-17/h4-12,20,25H,3,13-16H2,1-2H3,(H,23,27). The molecule has 2 aromatic carbocycles. The largest absolute Gasteiger partial charge is 0.497 e. The summed E-state index contributed by atoms with van der Waals surface area (Å²) in [6.45, 7) is 2.11. The summed E-state index contributed by atoms with van der Waals surface area (Å²) in [6.07, 6.45) is 0.703. The molecule has 1 unspecified atom stereocenters. The number of aliphatic hydroxyl groups excluding tert-OH is 1. The van der Waals surface area contributed by atoms with Crippen LogP contribution >= 0.6 is 0 Å². The smallest absolute Gasteiger partial charge is 0.243 e. The molecule has 6 nitrogen and oxygen atoms in total. The topological polar surface area (TPSA) is 78.9 Å². The second-order valence-corrected chi connectivity index (χ2v) is 6.44. The van der Waals surface area contributed by atoms with E-state index in [1.165, 1.54) is 0 Å². The summed E-state index contributed by atoms with van der Waals surface area (Å²) in [4.78, 5) is 27.2. The Morgan fingerprint density at radius 1 is 1.07 bits per heavy atom. The lowest BCUT2D eigenvalue weighted by Gasteiger charge is -2.31. The molecule has 0 spiro atoms. The fraction of sp³-hybridized carbons (Fsp3) is 0.364. The molecule has 0 heterocycles. The van der Waals surface area contributed by atoms with Gasteiger partial charge >= 0.3 is 0 Å². The van der Waals surface area contributed by atoms with Gasteiger partial charge in [-0.1, -0.05) is 49.4 Å². The maximum atomic E-state index is 12.8. The van der Waals surface area contributed by atoms with E-state index >= 15 is 0 Å². The van der Waals surface area contributed by atoms with Crippen LogP contribution in [0.2, 0.25) is 0 Å². The van der Waals surface area contributed by atoms with Gasteiger partial charge in [0.15, 0.2) is 0 Å². The summed E-state index contributed by atoms with van der Waals surface area (Å²) in [6, 6.07) is 16.4. The van der Waals surface area contributed by atoms with Gasteiger partial charge in [-0.2, -0.15) is 0 Å². The van der Waals surface area contributed by atoms with E-state index in [0.29, 0.717) is 19.4 Å². The van der Waals surface area contributed by atoms with E-state index < -0.39 is 6.04 Å². The maximum absolute atomic E-state index is 12.8. The minimum Gasteiger partial charge on any atom is -0.497 e. The maximum Gasteiger partial charge on any atom is 0.243 e. The highest BCUT2D eigenvalue weighted by molar-refractivity contribution is 5.87. The Bertz CT molecular complexity index is 747. The molecule has 28 heavy (non-hydrogen) atoms. The van der Waals surface area contributed by atoms with Crippen molar-refractivity contribution in [2.45, 2.75) is 32.4 Å². The fourth-order valence-electron chi connectivity index (χ4n) is 2.98. The molecule has 0 fully saturated rings. The van der Waals surface area contributed by atoms with Crippen LogP contribution in [-0.4, -0.2) is 48.1 Å². The van der Waals surface area contributed by atoms with Crippen molar-refractivity contribution in [1.29, 1.82) is 0 Å². The van der Waals surface area contributed by atoms with Crippen LogP contribution in [0.5, 0.6) is 5.75 Å². The number of carbonyl (C=O) groups excluding carboxylic acids is 2. The Kier molecular flexibility index (Phi) is 8.49. The molecule has 0 saturated heterocycles. The van der Waals surface area contributed by atoms with E-state index in [1.807, 2.05) is 54.6 Å². The zero-order chi connectivity index (χ0) is 20.4. The van der Waals surface area contributed by atoms with Crippen LogP contribution in [0.15, 0.2) is 54.6 Å². The van der Waals surface area contributed by atoms with Crippen LogP contribution in [0, 0.1) is 0 Å². The molecule has 2 rings (SSSR count). The molecule has 0 aromatic heterocycles. The molecule has 0 aliphatic heterocycles. The predicted octanol–water partition coefficient (Wildman–Crippen LogP) is 2.15. The fourth-order valence-corrected chi connectivity index (χ4v) is 2.98. The van der Waals surface area contributed by atoms with Gasteiger partial charge in [0, 0.05) is 25.9 Å². The predicted molar refractivity (Wildman–Crippen MR) is 108 cm³/mol. The minimum atomic E-state index is -0.663. The summed E-state index contributed by atoms with van der Waals surface area (Å²) in [7, 11) is 1.60. The van der Waals surface area contributed by atoms with Crippen LogP contribution in [0.1, 0.15) is 24.5 Å². The molecule has 0 radical (unpaired) electrons. The van der Waals surface area contributed by atoms with Crippen molar-refractivity contribution in [3.63, 3.8) is 0 Å². The third kappa shape index (κ3) is 6.09. The molecule has 0 aliphatic carbocycles. The molecule has 6 heteroatoms. The van der Waals surface area contributed by atoms with Gasteiger partial charge in [0.2, 0.25) is 11.8 Å². The number of ether oxygens (including phenoxy) is 1. The Labute approximate surface area is 166 Å². The molecule has 0 aliphatic rings. The number of carbonyl (C=O) groups is 2. The molecular weight excluding hydrogens is 356 g/mol. The number of nitrogens with zero attached hydrogens (tertiary/aromatic N) is 1. The van der Waals surface area contributed by atoms with Crippen molar-refractivity contribution >= 4 is 11.8 Å². The first kappa shape index (κ1) is 21.4. The summed E-state index contributed by atoms with van der Waals surface area (Å²) >= 11 is 0. The first-order chi connectivity index (χ1) is 13.6. The molecule has 2 aromatic rings. The van der Waals surface area contributed by atoms with Crippen LogP contribution in [-0.2, 0) is 22.6 Å². The van der Waals surface area contributed by atoms with E-state index in [-0.39, 0.29) is 25.0 Å². The number of benzene rings is 2. The van der Waals surface area contributed by atoms with Gasteiger partial charge in [-0.3, -0.25) is 9.59 Å². The Morgan fingerprint density at radius 3 is 2.32 bits per heavy atom. The van der Waals surface area contributed by atoms with Gasteiger partial charge in [-0.25, -0.2) is 0 Å². The van der Waals surface area contributed by atoms with Crippen LogP contribution in [0.25, 0.3) is 0 Å². The number of methoxy groups -OCH3 is 1. The molecule has 2 N–H and O–H groups in total. The summed E-state index contributed by atoms with van der Waals surface area (Å²) in [5.41, 5.74) is 1.88. The molecule has 2 amide bonds. The first-order valence-electron chi connectivity index (χ1n) is 9.44. The lowest BCUT2D eigenvalue weighted by molar-refractivity contribution is -0.141. The quantitative estimate of drug-likeness (QED) is 0.658. The number of aliphatic hydroxyl groups is 1. The van der Waals surface area contributed by atoms with E-state index in [9.17, 15) is 9.59 Å². The Morgan fingerprint density at radius 2 is 1.75 bits per heavy atom. The van der Waals surface area contributed by atoms with E-state index in [4.69, 9.17) is 9.84 Å². The van der Waals surface area contributed by atoms with Crippen LogP contribution < -0.4 is 10.1 Å². The average molecular weight is 384 g/mol. The van der Waals surface area contributed by atoms with Crippen molar-refractivity contribution < 1.29 is 19.4 Å². The first-order valence-corrected chi connectivity index (χ1v) is 9.44. The number of amides is 2. The Hall–Kier alpha value is -2.86. The highest BCUT2D eigenvalue weighted by Crippen LogP contribution is 2.18. The zero-order valence-electron chi connectivity index (χ0n) is 16.4. The normalized spacial score (nSPS) is 11.5. The summed E-state index contributed by atoms with van der Waals surface area (Å²) in [5.74, 6) is 0.364. The lowest BCUT2D eigenvalue weighted by atomic mass is 10.0. The van der Waals surface area contributed by atoms with E-state index in [0.717, 1.165) is 16.9 Å². The van der Waals surface area contributed by atoms with Crippen molar-refractivity contribution in [2.24, 2.45) is 0 Å². The average Bonchev–Trinajstić information content (AvgIpc) is 2.75. The SMILES string of the molecule is CCC(=O)N(Cc1ccc(OC)cc1)C(Cc1ccccc1)C(=O)NCCO. The summed E-state index contributed by atoms with van der Waals surface area (Å²) in [5, 5.41) is 11.8. The number of rotatable bonds is 10. The third-order valence-corrected chi connectivity index (χ3v) is 4.50. The zero-order valence-corrected chi connectivity index (χ0v) is 16.4. The number of nitrogens with one attached hydrogen (secondary N) is 1. The van der Waals surface area contributed by atoms with Gasteiger partial charge in [-0.15, -0.1) is 0 Å². The highest BCUT2D eigenvalue weighted by Gasteiger charge is 2.29. The van der Waals surface area contributed by atoms with E-state index in [2.05, 4.69) is 5.32 Å². The van der Waals surface area contributed by atoms with Gasteiger partial charge in [-0.05, 0) is 23.3 Å². The minimum absolute atomic E-state index is 0.101. The van der Waals surface area contributed by atoms with Crippen LogP contribution in [0.4, 0.5) is 0 Å². The molecule has 150 valence electrons. The van der Waals surface area contributed by atoms with Crippen LogP contribution in [0.3, 0.4) is 0 Å². The number of hydrogen-bond acceptors (Lipinski definition) is 4. The second-order valence-electron chi connectivity index (χ2n) is 6.44. The van der Waals surface area contributed by atoms with Crippen molar-refractivity contribution in [2.75, 3.05) is 20.3 Å². The summed E-state index contributed by atoms with van der Waals surface area (Å²) < 4.78 is 5.18. The van der Waals surface area contributed by atoms with Gasteiger partial charge in [0.25, 0.3) is 0 Å². The number of hydrogen-bond donors (Lipinski definition) is 2. The van der Waals surface area contributed by atoms with Crippen molar-refractivity contribution in [3.8, 4) is 5.75 Å². The van der Waals surface area contributed by atoms with Crippen molar-refractivity contribution in [1.82, 2.24) is 10.2 Å². The third-order valence-electron chi connectivity index (χ3n) is 4.50. The van der Waals surface area contributed by atoms with Crippen molar-refractivity contribution in [3.05, 3.63) is 65.7 Å². The molecule has 0 saturated carbocycles. The van der Waals surface area contributed by atoms with Gasteiger partial charge in [0.1, 0.15) is 11.8 Å². The van der Waals surface area contributed by atoms with E-state index in [1.54, 1.807) is 18.9 Å². The van der Waals surface area contributed by atoms with Gasteiger partial charge in [0.05, 0.1) is 13.7 Å². The lowest BCUT2D eigenvalue weighted by Crippen LogP contribution is -2.50. The monoisotopic (exact) mass is 384 g/mol. The Balaban J connectivity index is 2.30. The highest BCUT2D eigenvalue weighted by atomic mass is 16.5. The molecule has 0 bridgehead atoms. The molecule has 1 atom stereocenters. The molecular formula is C22H28N2O4. The second kappa shape index (κ2) is 11.1.